The standard InChI is InChI=1S/C13H24N4/c1-11-5-8-17(9-6-11)10-7-15-13(14)16-12-3-2-4-12/h5,12H,2-4,6-10H2,1H3,(H3,14,15,16). The van der Waals surface area contributed by atoms with E-state index < -0.39 is 0 Å². The average molecular weight is 236 g/mol. The Morgan fingerprint density at radius 3 is 3.00 bits per heavy atom. The predicted octanol–water partition coefficient (Wildman–Crippen LogP) is 1.10. The van der Waals surface area contributed by atoms with Crippen LogP contribution in [0.1, 0.15) is 32.6 Å². The van der Waals surface area contributed by atoms with E-state index in [4.69, 9.17) is 5.73 Å². The van der Waals surface area contributed by atoms with Crippen LogP contribution in [-0.4, -0.2) is 43.1 Å². The van der Waals surface area contributed by atoms with Crippen molar-refractivity contribution in [2.75, 3.05) is 26.2 Å². The second-order valence-electron chi connectivity index (χ2n) is 5.14. The summed E-state index contributed by atoms with van der Waals surface area (Å²) in [5.41, 5.74) is 7.34. The van der Waals surface area contributed by atoms with Crippen LogP contribution in [-0.2, 0) is 0 Å². The van der Waals surface area contributed by atoms with Crippen molar-refractivity contribution in [1.29, 1.82) is 0 Å². The van der Waals surface area contributed by atoms with E-state index in [9.17, 15) is 0 Å². The normalized spacial score (nSPS) is 23.1. The Kier molecular flexibility index (Phi) is 4.42. The summed E-state index contributed by atoms with van der Waals surface area (Å²) in [6, 6.07) is 0.583. The highest BCUT2D eigenvalue weighted by Crippen LogP contribution is 2.17. The number of hydrogen-bond acceptors (Lipinski definition) is 2. The molecular weight excluding hydrogens is 212 g/mol. The molecule has 1 heterocycles. The Morgan fingerprint density at radius 1 is 1.59 bits per heavy atom. The molecule has 0 amide bonds. The molecular formula is C13H24N4. The highest BCUT2D eigenvalue weighted by molar-refractivity contribution is 5.78. The number of nitrogens with zero attached hydrogens (tertiary/aromatic N) is 2. The van der Waals surface area contributed by atoms with Gasteiger partial charge in [0.05, 0.1) is 6.54 Å². The summed E-state index contributed by atoms with van der Waals surface area (Å²) in [7, 11) is 0. The summed E-state index contributed by atoms with van der Waals surface area (Å²) in [5.74, 6) is 0.624. The molecule has 2 rings (SSSR count). The third-order valence-corrected chi connectivity index (χ3v) is 3.68. The highest BCUT2D eigenvalue weighted by Gasteiger charge is 2.17. The smallest absolute Gasteiger partial charge is 0.188 e. The molecule has 96 valence electrons. The van der Waals surface area contributed by atoms with Crippen LogP contribution in [0.15, 0.2) is 16.6 Å². The van der Waals surface area contributed by atoms with Gasteiger partial charge in [-0.25, -0.2) is 0 Å². The van der Waals surface area contributed by atoms with Crippen molar-refractivity contribution in [3.63, 3.8) is 0 Å². The number of guanidine groups is 1. The van der Waals surface area contributed by atoms with Crippen molar-refractivity contribution in [2.24, 2.45) is 10.7 Å². The number of rotatable bonds is 4. The van der Waals surface area contributed by atoms with Crippen molar-refractivity contribution in [2.45, 2.75) is 38.6 Å². The molecule has 1 fully saturated rings. The molecule has 17 heavy (non-hydrogen) atoms. The molecule has 0 aromatic carbocycles. The third kappa shape index (κ3) is 4.04. The first-order valence-corrected chi connectivity index (χ1v) is 6.68. The number of nitrogens with one attached hydrogen (secondary N) is 1. The number of nitrogens with two attached hydrogens (primary N) is 1. The monoisotopic (exact) mass is 236 g/mol. The lowest BCUT2D eigenvalue weighted by atomic mass is 9.93. The fourth-order valence-electron chi connectivity index (χ4n) is 2.14. The van der Waals surface area contributed by atoms with Crippen LogP contribution in [0.2, 0.25) is 0 Å². The maximum absolute atomic E-state index is 5.83. The van der Waals surface area contributed by atoms with Gasteiger partial charge in [-0.15, -0.1) is 0 Å². The van der Waals surface area contributed by atoms with Crippen LogP contribution < -0.4 is 11.1 Å². The zero-order chi connectivity index (χ0) is 12.1. The lowest BCUT2D eigenvalue weighted by molar-refractivity contribution is 0.302. The van der Waals surface area contributed by atoms with Gasteiger partial charge in [0.1, 0.15) is 0 Å². The second-order valence-corrected chi connectivity index (χ2v) is 5.14. The molecule has 3 N–H and O–H groups in total. The first kappa shape index (κ1) is 12.4. The maximum Gasteiger partial charge on any atom is 0.188 e. The minimum atomic E-state index is 0.583. The van der Waals surface area contributed by atoms with Gasteiger partial charge in [0.25, 0.3) is 0 Å². The van der Waals surface area contributed by atoms with Crippen molar-refractivity contribution in [1.82, 2.24) is 10.2 Å². The van der Waals surface area contributed by atoms with Crippen molar-refractivity contribution in [3.05, 3.63) is 11.6 Å². The first-order valence-electron chi connectivity index (χ1n) is 6.68. The van der Waals surface area contributed by atoms with E-state index in [0.29, 0.717) is 12.0 Å². The van der Waals surface area contributed by atoms with E-state index in [-0.39, 0.29) is 0 Å². The van der Waals surface area contributed by atoms with Gasteiger partial charge >= 0.3 is 0 Å². The Balaban J connectivity index is 1.62. The molecule has 0 bridgehead atoms. The molecule has 4 nitrogen and oxygen atoms in total. The third-order valence-electron chi connectivity index (χ3n) is 3.68. The molecule has 0 aromatic rings. The minimum absolute atomic E-state index is 0.583. The zero-order valence-corrected chi connectivity index (χ0v) is 10.8. The summed E-state index contributed by atoms with van der Waals surface area (Å²) in [5, 5.41) is 3.26. The second kappa shape index (κ2) is 6.05. The zero-order valence-electron chi connectivity index (χ0n) is 10.8. The van der Waals surface area contributed by atoms with Crippen LogP contribution in [0.3, 0.4) is 0 Å². The van der Waals surface area contributed by atoms with E-state index in [0.717, 1.165) is 26.2 Å². The molecule has 0 saturated heterocycles. The van der Waals surface area contributed by atoms with Crippen LogP contribution in [0.25, 0.3) is 0 Å². The van der Waals surface area contributed by atoms with E-state index in [2.05, 4.69) is 28.2 Å². The molecule has 1 aliphatic carbocycles. The molecule has 0 spiro atoms. The summed E-state index contributed by atoms with van der Waals surface area (Å²) in [6.45, 7) is 6.25. The van der Waals surface area contributed by atoms with E-state index in [1.54, 1.807) is 0 Å². The molecule has 0 radical (unpaired) electrons. The van der Waals surface area contributed by atoms with Gasteiger partial charge in [0.15, 0.2) is 5.96 Å². The number of aliphatic imine (C=N–C) groups is 1. The van der Waals surface area contributed by atoms with Crippen molar-refractivity contribution < 1.29 is 0 Å². The van der Waals surface area contributed by atoms with Gasteiger partial charge in [-0.3, -0.25) is 9.89 Å². The van der Waals surface area contributed by atoms with Gasteiger partial charge in [-0.2, -0.15) is 0 Å². The Bertz CT molecular complexity index is 305. The average Bonchev–Trinajstić information content (AvgIpc) is 2.26. The fraction of sp³-hybridized carbons (Fsp3) is 0.769. The van der Waals surface area contributed by atoms with Gasteiger partial charge in [0.2, 0.25) is 0 Å². The largest absolute Gasteiger partial charge is 0.370 e. The van der Waals surface area contributed by atoms with Gasteiger partial charge in [-0.1, -0.05) is 11.6 Å². The van der Waals surface area contributed by atoms with Crippen molar-refractivity contribution >= 4 is 5.96 Å². The fourth-order valence-corrected chi connectivity index (χ4v) is 2.14. The molecule has 4 heteroatoms. The summed E-state index contributed by atoms with van der Waals surface area (Å²) < 4.78 is 0. The summed E-state index contributed by atoms with van der Waals surface area (Å²) in [6.07, 6.45) is 7.31. The first-order chi connectivity index (χ1) is 8.24. The van der Waals surface area contributed by atoms with E-state index in [1.807, 2.05) is 0 Å². The molecule has 2 aliphatic rings. The van der Waals surface area contributed by atoms with Gasteiger partial charge in [0, 0.05) is 25.7 Å². The predicted molar refractivity (Wildman–Crippen MR) is 72.1 cm³/mol. The van der Waals surface area contributed by atoms with Crippen molar-refractivity contribution in [3.8, 4) is 0 Å². The topological polar surface area (TPSA) is 53.6 Å². The quantitative estimate of drug-likeness (QED) is 0.436. The summed E-state index contributed by atoms with van der Waals surface area (Å²) in [4.78, 5) is 6.80. The molecule has 1 saturated carbocycles. The maximum atomic E-state index is 5.83. The molecule has 0 aromatic heterocycles. The van der Waals surface area contributed by atoms with Crippen LogP contribution >= 0.6 is 0 Å². The molecule has 0 unspecified atom stereocenters. The Hall–Kier alpha value is -1.03. The van der Waals surface area contributed by atoms with Crippen LogP contribution in [0.4, 0.5) is 0 Å². The van der Waals surface area contributed by atoms with Crippen LogP contribution in [0, 0.1) is 0 Å². The van der Waals surface area contributed by atoms with Gasteiger partial charge < -0.3 is 11.1 Å². The van der Waals surface area contributed by atoms with Gasteiger partial charge in [-0.05, 0) is 32.6 Å². The molecule has 0 atom stereocenters. The highest BCUT2D eigenvalue weighted by atomic mass is 15.2. The lowest BCUT2D eigenvalue weighted by Gasteiger charge is -2.27. The van der Waals surface area contributed by atoms with Crippen LogP contribution in [0.5, 0.6) is 0 Å². The van der Waals surface area contributed by atoms with E-state index >= 15 is 0 Å². The van der Waals surface area contributed by atoms with E-state index in [1.165, 1.54) is 31.3 Å². The minimum Gasteiger partial charge on any atom is -0.370 e. The lowest BCUT2D eigenvalue weighted by Crippen LogP contribution is -2.44. The summed E-state index contributed by atoms with van der Waals surface area (Å²) >= 11 is 0. The Labute approximate surface area is 104 Å². The SMILES string of the molecule is CC1=CCN(CCN=C(N)NC2CCC2)CC1. The Morgan fingerprint density at radius 2 is 2.41 bits per heavy atom. The number of hydrogen-bond donors (Lipinski definition) is 2. The molecule has 1 aliphatic heterocycles.